The van der Waals surface area contributed by atoms with Gasteiger partial charge < -0.3 is 19.7 Å². The van der Waals surface area contributed by atoms with Crippen molar-refractivity contribution in [1.29, 1.82) is 0 Å². The summed E-state index contributed by atoms with van der Waals surface area (Å²) in [5, 5.41) is 3.18. The number of rotatable bonds is 6. The Morgan fingerprint density at radius 1 is 1.33 bits per heavy atom. The zero-order valence-electron chi connectivity index (χ0n) is 12.8. The lowest BCUT2D eigenvalue weighted by Gasteiger charge is -2.27. The number of anilines is 1. The molecule has 1 amide bonds. The van der Waals surface area contributed by atoms with E-state index in [0.717, 1.165) is 11.4 Å². The molecule has 0 saturated carbocycles. The molecule has 1 fully saturated rings. The van der Waals surface area contributed by atoms with Gasteiger partial charge in [0.05, 0.1) is 32.1 Å². The normalized spacial score (nSPS) is 15.1. The third-order valence-corrected chi connectivity index (χ3v) is 3.25. The lowest BCUT2D eigenvalue weighted by atomic mass is 10.2. The Labute approximate surface area is 126 Å². The molecule has 0 atom stereocenters. The molecule has 0 unspecified atom stereocenters. The first-order valence-corrected chi connectivity index (χ1v) is 7.48. The van der Waals surface area contributed by atoms with Crippen molar-refractivity contribution in [3.8, 4) is 5.75 Å². The fourth-order valence-electron chi connectivity index (χ4n) is 2.09. The van der Waals surface area contributed by atoms with E-state index in [4.69, 9.17) is 9.47 Å². The van der Waals surface area contributed by atoms with Gasteiger partial charge >= 0.3 is 0 Å². The molecule has 0 radical (unpaired) electrons. The van der Waals surface area contributed by atoms with Gasteiger partial charge in [-0.15, -0.1) is 0 Å². The predicted molar refractivity (Wildman–Crippen MR) is 82.7 cm³/mol. The maximum absolute atomic E-state index is 12.1. The first kappa shape index (κ1) is 15.6. The summed E-state index contributed by atoms with van der Waals surface area (Å²) < 4.78 is 11.0. The van der Waals surface area contributed by atoms with Crippen molar-refractivity contribution in [2.24, 2.45) is 5.92 Å². The number of nitrogens with zero attached hydrogens (tertiary/aromatic N) is 1. The van der Waals surface area contributed by atoms with Crippen LogP contribution in [0.4, 0.5) is 5.69 Å². The van der Waals surface area contributed by atoms with Crippen LogP contribution in [0.5, 0.6) is 5.75 Å². The summed E-state index contributed by atoms with van der Waals surface area (Å²) in [4.78, 5) is 13.9. The monoisotopic (exact) mass is 292 g/mol. The average molecular weight is 292 g/mol. The van der Waals surface area contributed by atoms with Crippen LogP contribution >= 0.6 is 0 Å². The van der Waals surface area contributed by atoms with Crippen LogP contribution in [0, 0.1) is 5.92 Å². The Morgan fingerprint density at radius 3 is 2.76 bits per heavy atom. The van der Waals surface area contributed by atoms with E-state index in [0.29, 0.717) is 38.8 Å². The number of morpholine rings is 1. The molecule has 5 heteroatoms. The number of amides is 1. The number of ether oxygens (including phenoxy) is 2. The largest absolute Gasteiger partial charge is 0.491 e. The topological polar surface area (TPSA) is 50.8 Å². The minimum Gasteiger partial charge on any atom is -0.491 e. The van der Waals surface area contributed by atoms with Gasteiger partial charge in [0.2, 0.25) is 5.91 Å². The van der Waals surface area contributed by atoms with Crippen LogP contribution in [0.3, 0.4) is 0 Å². The molecule has 1 N–H and O–H groups in total. The van der Waals surface area contributed by atoms with Crippen LogP contribution in [-0.2, 0) is 9.53 Å². The van der Waals surface area contributed by atoms with Crippen LogP contribution in [0.15, 0.2) is 24.3 Å². The summed E-state index contributed by atoms with van der Waals surface area (Å²) in [6.45, 7) is 7.76. The van der Waals surface area contributed by atoms with Gasteiger partial charge in [-0.05, 0) is 18.1 Å². The van der Waals surface area contributed by atoms with Crippen LogP contribution in [0.2, 0.25) is 0 Å². The van der Waals surface area contributed by atoms with Crippen molar-refractivity contribution in [1.82, 2.24) is 4.90 Å². The Morgan fingerprint density at radius 2 is 2.05 bits per heavy atom. The molecular formula is C16H24N2O3. The van der Waals surface area contributed by atoms with Crippen LogP contribution in [0.25, 0.3) is 0 Å². The SMILES string of the molecule is CC(C)COc1ccccc1NCC(=O)N1CCOCC1. The number of para-hydroxylation sites is 2. The number of hydrogen-bond acceptors (Lipinski definition) is 4. The van der Waals surface area contributed by atoms with Crippen molar-refractivity contribution in [3.05, 3.63) is 24.3 Å². The number of benzene rings is 1. The van der Waals surface area contributed by atoms with E-state index in [1.807, 2.05) is 29.2 Å². The molecular weight excluding hydrogens is 268 g/mol. The Hall–Kier alpha value is -1.75. The number of hydrogen-bond donors (Lipinski definition) is 1. The van der Waals surface area contributed by atoms with Crippen LogP contribution in [0.1, 0.15) is 13.8 Å². The van der Waals surface area contributed by atoms with Crippen molar-refractivity contribution in [2.45, 2.75) is 13.8 Å². The van der Waals surface area contributed by atoms with E-state index in [-0.39, 0.29) is 12.5 Å². The van der Waals surface area contributed by atoms with Crippen LogP contribution in [-0.4, -0.2) is 50.3 Å². The second-order valence-corrected chi connectivity index (χ2v) is 5.55. The van der Waals surface area contributed by atoms with E-state index in [9.17, 15) is 4.79 Å². The summed E-state index contributed by atoms with van der Waals surface area (Å²) in [5.41, 5.74) is 0.861. The van der Waals surface area contributed by atoms with Crippen molar-refractivity contribution < 1.29 is 14.3 Å². The molecule has 5 nitrogen and oxygen atoms in total. The lowest BCUT2D eigenvalue weighted by molar-refractivity contribution is -0.133. The molecule has 2 rings (SSSR count). The number of nitrogens with one attached hydrogen (secondary N) is 1. The molecule has 0 spiro atoms. The number of carbonyl (C=O) groups excluding carboxylic acids is 1. The standard InChI is InChI=1S/C16H24N2O3/c1-13(2)12-21-15-6-4-3-5-14(15)17-11-16(19)18-7-9-20-10-8-18/h3-6,13,17H,7-12H2,1-2H3. The van der Waals surface area contributed by atoms with Gasteiger partial charge in [0, 0.05) is 13.1 Å². The maximum atomic E-state index is 12.1. The zero-order chi connectivity index (χ0) is 15.1. The summed E-state index contributed by atoms with van der Waals surface area (Å²) in [5.74, 6) is 1.35. The number of carbonyl (C=O) groups is 1. The van der Waals surface area contributed by atoms with Gasteiger partial charge in [0.15, 0.2) is 0 Å². The Bertz CT molecular complexity index is 457. The molecule has 1 aromatic carbocycles. The van der Waals surface area contributed by atoms with Gasteiger partial charge in [-0.3, -0.25) is 4.79 Å². The highest BCUT2D eigenvalue weighted by atomic mass is 16.5. The molecule has 0 bridgehead atoms. The molecule has 0 aliphatic carbocycles. The molecule has 116 valence electrons. The maximum Gasteiger partial charge on any atom is 0.242 e. The second-order valence-electron chi connectivity index (χ2n) is 5.55. The molecule has 1 aromatic rings. The fourth-order valence-corrected chi connectivity index (χ4v) is 2.09. The molecule has 1 heterocycles. The summed E-state index contributed by atoms with van der Waals surface area (Å²) in [6.07, 6.45) is 0. The van der Waals surface area contributed by atoms with E-state index >= 15 is 0 Å². The van der Waals surface area contributed by atoms with Gasteiger partial charge in [0.25, 0.3) is 0 Å². The van der Waals surface area contributed by atoms with Crippen LogP contribution < -0.4 is 10.1 Å². The molecule has 21 heavy (non-hydrogen) atoms. The quantitative estimate of drug-likeness (QED) is 0.871. The highest BCUT2D eigenvalue weighted by Gasteiger charge is 2.16. The van der Waals surface area contributed by atoms with Crippen molar-refractivity contribution in [2.75, 3.05) is 44.8 Å². The summed E-state index contributed by atoms with van der Waals surface area (Å²) in [6, 6.07) is 7.72. The van der Waals surface area contributed by atoms with Gasteiger partial charge in [0.1, 0.15) is 5.75 Å². The second kappa shape index (κ2) is 7.88. The first-order valence-electron chi connectivity index (χ1n) is 7.48. The third kappa shape index (κ3) is 4.93. The predicted octanol–water partition coefficient (Wildman–Crippen LogP) is 1.99. The first-order chi connectivity index (χ1) is 10.2. The van der Waals surface area contributed by atoms with E-state index in [2.05, 4.69) is 19.2 Å². The smallest absolute Gasteiger partial charge is 0.242 e. The zero-order valence-corrected chi connectivity index (χ0v) is 12.8. The van der Waals surface area contributed by atoms with Crippen molar-refractivity contribution in [3.63, 3.8) is 0 Å². The average Bonchev–Trinajstić information content (AvgIpc) is 2.52. The van der Waals surface area contributed by atoms with Crippen molar-refractivity contribution >= 4 is 11.6 Å². The Balaban J connectivity index is 1.88. The van der Waals surface area contributed by atoms with Gasteiger partial charge in [-0.25, -0.2) is 0 Å². The van der Waals surface area contributed by atoms with E-state index in [1.165, 1.54) is 0 Å². The third-order valence-electron chi connectivity index (χ3n) is 3.25. The molecule has 1 aliphatic rings. The Kier molecular flexibility index (Phi) is 5.87. The lowest BCUT2D eigenvalue weighted by Crippen LogP contribution is -2.43. The van der Waals surface area contributed by atoms with Gasteiger partial charge in [-0.2, -0.15) is 0 Å². The molecule has 1 saturated heterocycles. The summed E-state index contributed by atoms with van der Waals surface area (Å²) in [7, 11) is 0. The minimum atomic E-state index is 0.0944. The highest BCUT2D eigenvalue weighted by Crippen LogP contribution is 2.24. The highest BCUT2D eigenvalue weighted by molar-refractivity contribution is 5.81. The molecule has 1 aliphatic heterocycles. The fraction of sp³-hybridized carbons (Fsp3) is 0.562. The minimum absolute atomic E-state index is 0.0944. The van der Waals surface area contributed by atoms with E-state index < -0.39 is 0 Å². The molecule has 0 aromatic heterocycles. The van der Waals surface area contributed by atoms with E-state index in [1.54, 1.807) is 0 Å². The van der Waals surface area contributed by atoms with Gasteiger partial charge in [-0.1, -0.05) is 26.0 Å². The summed E-state index contributed by atoms with van der Waals surface area (Å²) >= 11 is 0.